The summed E-state index contributed by atoms with van der Waals surface area (Å²) in [5, 5.41) is 0. The van der Waals surface area contributed by atoms with Gasteiger partial charge in [0.25, 0.3) is 0 Å². The first-order valence-corrected chi connectivity index (χ1v) is 7.31. The maximum absolute atomic E-state index is 4.45. The van der Waals surface area contributed by atoms with Gasteiger partial charge in [-0.15, -0.1) is 0 Å². The number of likely N-dealkylation sites (N-methyl/N-ethyl adjacent to an activating group) is 1. The lowest BCUT2D eigenvalue weighted by Gasteiger charge is -2.24. The maximum atomic E-state index is 4.45. The number of nitrogens with zero attached hydrogens (tertiary/aromatic N) is 2. The summed E-state index contributed by atoms with van der Waals surface area (Å²) in [5.74, 6) is 0. The minimum atomic E-state index is 0.507. The number of pyridine rings is 1. The van der Waals surface area contributed by atoms with Crippen molar-refractivity contribution in [2.45, 2.75) is 32.7 Å². The van der Waals surface area contributed by atoms with Crippen LogP contribution in [0.4, 0.5) is 0 Å². The molecule has 0 N–H and O–H groups in total. The molecule has 1 aromatic carbocycles. The Morgan fingerprint density at radius 1 is 1.15 bits per heavy atom. The van der Waals surface area contributed by atoms with Crippen LogP contribution >= 0.6 is 0 Å². The monoisotopic (exact) mass is 268 g/mol. The Balaban J connectivity index is 1.84. The minimum absolute atomic E-state index is 0.507. The zero-order valence-corrected chi connectivity index (χ0v) is 12.7. The molecule has 0 aliphatic rings. The molecule has 2 nitrogen and oxygen atoms in total. The number of aromatic nitrogens is 1. The lowest BCUT2D eigenvalue weighted by atomic mass is 10.1. The summed E-state index contributed by atoms with van der Waals surface area (Å²) in [7, 11) is 2.20. The van der Waals surface area contributed by atoms with Crippen LogP contribution in [0.1, 0.15) is 23.7 Å². The van der Waals surface area contributed by atoms with Crippen LogP contribution in [0.2, 0.25) is 0 Å². The number of rotatable bonds is 6. The van der Waals surface area contributed by atoms with Crippen molar-refractivity contribution in [1.29, 1.82) is 0 Å². The van der Waals surface area contributed by atoms with E-state index in [4.69, 9.17) is 0 Å². The predicted molar refractivity (Wildman–Crippen MR) is 84.9 cm³/mol. The molecule has 0 amide bonds. The summed E-state index contributed by atoms with van der Waals surface area (Å²) < 4.78 is 0. The lowest BCUT2D eigenvalue weighted by molar-refractivity contribution is 0.258. The summed E-state index contributed by atoms with van der Waals surface area (Å²) in [5.41, 5.74) is 3.87. The standard InChI is InChI=1S/C18H24N2/c1-15-9-11-19-18(13-15)14-16(2)20(3)12-10-17-7-5-4-6-8-17/h4-9,11,13,16H,10,12,14H2,1-3H3/t16-/m0/s1. The van der Waals surface area contributed by atoms with Crippen LogP contribution in [0.15, 0.2) is 48.7 Å². The zero-order valence-electron chi connectivity index (χ0n) is 12.7. The van der Waals surface area contributed by atoms with Gasteiger partial charge < -0.3 is 4.90 Å². The molecule has 2 aromatic rings. The van der Waals surface area contributed by atoms with Crippen LogP contribution in [0.25, 0.3) is 0 Å². The first-order chi connectivity index (χ1) is 9.65. The molecular weight excluding hydrogens is 244 g/mol. The molecule has 0 radical (unpaired) electrons. The Morgan fingerprint density at radius 3 is 2.60 bits per heavy atom. The zero-order chi connectivity index (χ0) is 14.4. The van der Waals surface area contributed by atoms with Crippen molar-refractivity contribution < 1.29 is 0 Å². The number of aryl methyl sites for hydroxylation is 1. The molecule has 2 rings (SSSR count). The fourth-order valence-electron chi connectivity index (χ4n) is 2.34. The number of hydrogen-bond acceptors (Lipinski definition) is 2. The van der Waals surface area contributed by atoms with E-state index >= 15 is 0 Å². The van der Waals surface area contributed by atoms with Gasteiger partial charge in [0.15, 0.2) is 0 Å². The van der Waals surface area contributed by atoms with Gasteiger partial charge in [0, 0.05) is 30.9 Å². The molecule has 20 heavy (non-hydrogen) atoms. The highest BCUT2D eigenvalue weighted by Gasteiger charge is 2.10. The summed E-state index contributed by atoms with van der Waals surface area (Å²) in [6.45, 7) is 5.47. The quantitative estimate of drug-likeness (QED) is 0.797. The average molecular weight is 268 g/mol. The summed E-state index contributed by atoms with van der Waals surface area (Å²) >= 11 is 0. The molecule has 0 aliphatic carbocycles. The van der Waals surface area contributed by atoms with E-state index in [1.165, 1.54) is 16.8 Å². The Morgan fingerprint density at radius 2 is 1.90 bits per heavy atom. The first-order valence-electron chi connectivity index (χ1n) is 7.31. The van der Waals surface area contributed by atoms with Crippen LogP contribution in [0.3, 0.4) is 0 Å². The van der Waals surface area contributed by atoms with Crippen molar-refractivity contribution >= 4 is 0 Å². The lowest BCUT2D eigenvalue weighted by Crippen LogP contribution is -2.32. The second-order valence-electron chi connectivity index (χ2n) is 5.59. The van der Waals surface area contributed by atoms with Crippen molar-refractivity contribution in [2.24, 2.45) is 0 Å². The largest absolute Gasteiger partial charge is 0.303 e. The highest BCUT2D eigenvalue weighted by molar-refractivity contribution is 5.16. The summed E-state index contributed by atoms with van der Waals surface area (Å²) in [6, 6.07) is 15.4. The van der Waals surface area contributed by atoms with Gasteiger partial charge in [0.2, 0.25) is 0 Å². The van der Waals surface area contributed by atoms with Crippen molar-refractivity contribution in [2.75, 3.05) is 13.6 Å². The topological polar surface area (TPSA) is 16.1 Å². The van der Waals surface area contributed by atoms with Crippen LogP contribution in [-0.2, 0) is 12.8 Å². The number of benzene rings is 1. The van der Waals surface area contributed by atoms with Crippen LogP contribution < -0.4 is 0 Å². The summed E-state index contributed by atoms with van der Waals surface area (Å²) in [4.78, 5) is 6.87. The van der Waals surface area contributed by atoms with Gasteiger partial charge in [-0.25, -0.2) is 0 Å². The predicted octanol–water partition coefficient (Wildman–Crippen LogP) is 3.50. The van der Waals surface area contributed by atoms with Crippen LogP contribution in [-0.4, -0.2) is 29.5 Å². The van der Waals surface area contributed by atoms with E-state index in [2.05, 4.69) is 67.2 Å². The van der Waals surface area contributed by atoms with Crippen LogP contribution in [0, 0.1) is 6.92 Å². The molecule has 0 fully saturated rings. The molecule has 1 atom stereocenters. The fourth-order valence-corrected chi connectivity index (χ4v) is 2.34. The van der Waals surface area contributed by atoms with E-state index in [0.717, 1.165) is 19.4 Å². The third-order valence-electron chi connectivity index (χ3n) is 3.83. The normalized spacial score (nSPS) is 12.6. The van der Waals surface area contributed by atoms with E-state index < -0.39 is 0 Å². The van der Waals surface area contributed by atoms with Gasteiger partial charge in [0.05, 0.1) is 0 Å². The third-order valence-corrected chi connectivity index (χ3v) is 3.83. The Bertz CT molecular complexity index is 522. The highest BCUT2D eigenvalue weighted by Crippen LogP contribution is 2.08. The average Bonchev–Trinajstić information content (AvgIpc) is 2.46. The van der Waals surface area contributed by atoms with Crippen LogP contribution in [0.5, 0.6) is 0 Å². The molecule has 106 valence electrons. The van der Waals surface area contributed by atoms with Crippen molar-refractivity contribution in [3.63, 3.8) is 0 Å². The molecule has 0 spiro atoms. The molecule has 0 bridgehead atoms. The first kappa shape index (κ1) is 14.7. The highest BCUT2D eigenvalue weighted by atomic mass is 15.1. The van der Waals surface area contributed by atoms with E-state index in [1.54, 1.807) is 0 Å². The smallest absolute Gasteiger partial charge is 0.0421 e. The van der Waals surface area contributed by atoms with Crippen molar-refractivity contribution in [1.82, 2.24) is 9.88 Å². The van der Waals surface area contributed by atoms with Gasteiger partial charge in [-0.3, -0.25) is 4.98 Å². The Kier molecular flexibility index (Phi) is 5.31. The van der Waals surface area contributed by atoms with Gasteiger partial charge in [0.1, 0.15) is 0 Å². The van der Waals surface area contributed by atoms with E-state index in [0.29, 0.717) is 6.04 Å². The third kappa shape index (κ3) is 4.46. The number of hydrogen-bond donors (Lipinski definition) is 0. The van der Waals surface area contributed by atoms with Gasteiger partial charge >= 0.3 is 0 Å². The second kappa shape index (κ2) is 7.20. The van der Waals surface area contributed by atoms with E-state index in [9.17, 15) is 0 Å². The molecule has 1 heterocycles. The van der Waals surface area contributed by atoms with E-state index in [1.807, 2.05) is 12.3 Å². The molecule has 0 aliphatic heterocycles. The molecule has 2 heteroatoms. The Hall–Kier alpha value is -1.67. The van der Waals surface area contributed by atoms with Crippen molar-refractivity contribution in [3.8, 4) is 0 Å². The van der Waals surface area contributed by atoms with Gasteiger partial charge in [-0.05, 0) is 50.6 Å². The maximum Gasteiger partial charge on any atom is 0.0421 e. The Labute approximate surface area is 122 Å². The molecule has 0 saturated heterocycles. The molecule has 0 saturated carbocycles. The second-order valence-corrected chi connectivity index (χ2v) is 5.59. The summed E-state index contributed by atoms with van der Waals surface area (Å²) in [6.07, 6.45) is 4.01. The van der Waals surface area contributed by atoms with Gasteiger partial charge in [-0.2, -0.15) is 0 Å². The van der Waals surface area contributed by atoms with E-state index in [-0.39, 0.29) is 0 Å². The SMILES string of the molecule is Cc1ccnc(C[C@H](C)N(C)CCc2ccccc2)c1. The van der Waals surface area contributed by atoms with Crippen molar-refractivity contribution in [3.05, 3.63) is 65.5 Å². The molecule has 0 unspecified atom stereocenters. The molecular formula is C18H24N2. The fraction of sp³-hybridized carbons (Fsp3) is 0.389. The minimum Gasteiger partial charge on any atom is -0.303 e. The van der Waals surface area contributed by atoms with Gasteiger partial charge in [-0.1, -0.05) is 30.3 Å². The molecule has 1 aromatic heterocycles.